The molecule has 15 heteroatoms. The van der Waals surface area contributed by atoms with E-state index in [2.05, 4.69) is 21.6 Å². The van der Waals surface area contributed by atoms with E-state index in [1.807, 2.05) is 0 Å². The first-order valence-electron chi connectivity index (χ1n) is 15.1. The van der Waals surface area contributed by atoms with Crippen molar-refractivity contribution in [3.05, 3.63) is 11.3 Å². The van der Waals surface area contributed by atoms with Crippen LogP contribution in [0.5, 0.6) is 6.01 Å². The maximum absolute atomic E-state index is 11.7. The number of anilines is 1. The van der Waals surface area contributed by atoms with Gasteiger partial charge in [0.05, 0.1) is 83.7 Å². The monoisotopic (exact) mass is 607 g/mol. The molecule has 3 aliphatic rings. The Balaban J connectivity index is 1.18. The summed E-state index contributed by atoms with van der Waals surface area (Å²) in [6.45, 7) is 7.86. The third-order valence-electron chi connectivity index (χ3n) is 7.68. The summed E-state index contributed by atoms with van der Waals surface area (Å²) >= 11 is 0. The molecule has 43 heavy (non-hydrogen) atoms. The van der Waals surface area contributed by atoms with E-state index in [-0.39, 0.29) is 19.1 Å². The number of aliphatic hydroxyl groups excluding tert-OH is 1. The van der Waals surface area contributed by atoms with Crippen LogP contribution in [0.1, 0.15) is 24.1 Å². The Morgan fingerprint density at radius 2 is 1.77 bits per heavy atom. The fourth-order valence-corrected chi connectivity index (χ4v) is 5.53. The van der Waals surface area contributed by atoms with Crippen LogP contribution in [0, 0.1) is 17.2 Å². The van der Waals surface area contributed by atoms with E-state index in [4.69, 9.17) is 38.8 Å². The van der Waals surface area contributed by atoms with Crippen molar-refractivity contribution < 1.29 is 38.7 Å². The van der Waals surface area contributed by atoms with Gasteiger partial charge in [0, 0.05) is 44.3 Å². The summed E-state index contributed by atoms with van der Waals surface area (Å²) in [5, 5.41) is 34.3. The molecule has 2 fully saturated rings. The minimum Gasteiger partial charge on any atom is -0.465 e. The molecule has 1 aromatic heterocycles. The van der Waals surface area contributed by atoms with Gasteiger partial charge in [-0.25, -0.2) is 4.79 Å². The first kappa shape index (κ1) is 33.1. The van der Waals surface area contributed by atoms with E-state index in [0.29, 0.717) is 97.6 Å². The molecule has 15 nitrogen and oxygen atoms in total. The number of hydrogen-bond donors (Lipinski definition) is 4. The van der Waals surface area contributed by atoms with E-state index in [1.54, 1.807) is 0 Å². The van der Waals surface area contributed by atoms with Crippen LogP contribution >= 0.6 is 0 Å². The predicted octanol–water partition coefficient (Wildman–Crippen LogP) is -0.380. The number of fused-ring (bicyclic) bond motifs is 1. The second-order valence-corrected chi connectivity index (χ2v) is 10.8. The zero-order chi connectivity index (χ0) is 30.3. The summed E-state index contributed by atoms with van der Waals surface area (Å²) in [4.78, 5) is 24.6. The fraction of sp³-hybridized carbons (Fsp3) is 0.786. The molecule has 3 aliphatic heterocycles. The maximum Gasteiger partial charge on any atom is 0.407 e. The van der Waals surface area contributed by atoms with Crippen LogP contribution in [0.4, 0.5) is 10.6 Å². The lowest BCUT2D eigenvalue weighted by molar-refractivity contribution is -0.00841. The first-order chi connectivity index (χ1) is 21.1. The Labute approximate surface area is 252 Å². The number of carbonyl (C=O) groups is 1. The van der Waals surface area contributed by atoms with Gasteiger partial charge < -0.3 is 54.3 Å². The number of aromatic nitrogens is 2. The Hall–Kier alpha value is -2.84. The average Bonchev–Trinajstić information content (AvgIpc) is 3.48. The number of nitriles is 1. The third kappa shape index (κ3) is 10.4. The number of ether oxygens (including phenoxy) is 5. The largest absolute Gasteiger partial charge is 0.465 e. The van der Waals surface area contributed by atoms with Gasteiger partial charge in [0.25, 0.3) is 0 Å². The van der Waals surface area contributed by atoms with Gasteiger partial charge in [-0.1, -0.05) is 0 Å². The zero-order valence-electron chi connectivity index (χ0n) is 24.7. The van der Waals surface area contributed by atoms with E-state index < -0.39 is 12.1 Å². The Kier molecular flexibility index (Phi) is 13.9. The topological polar surface area (TPSA) is 184 Å². The lowest BCUT2D eigenvalue weighted by Gasteiger charge is -2.40. The summed E-state index contributed by atoms with van der Waals surface area (Å²) < 4.78 is 27.9. The number of rotatable bonds is 18. The molecule has 0 aliphatic carbocycles. The molecule has 4 heterocycles. The van der Waals surface area contributed by atoms with E-state index in [1.165, 1.54) is 4.90 Å². The van der Waals surface area contributed by atoms with Crippen LogP contribution in [-0.4, -0.2) is 142 Å². The van der Waals surface area contributed by atoms with Gasteiger partial charge in [-0.2, -0.15) is 15.2 Å². The number of aliphatic hydroxyl groups is 1. The molecule has 0 radical (unpaired) electrons. The SMILES string of the molecule is N#CC[C@H]1CN(c2nc(OC[C@@H]3C[C@@H](COCCOCCOCCOCCO)CN3)nc3c2CCNC3)CCN1C(=O)O. The predicted molar refractivity (Wildman–Crippen MR) is 154 cm³/mol. The summed E-state index contributed by atoms with van der Waals surface area (Å²) in [7, 11) is 0. The summed E-state index contributed by atoms with van der Waals surface area (Å²) in [5.41, 5.74) is 1.96. The molecule has 4 rings (SSSR count). The fourth-order valence-electron chi connectivity index (χ4n) is 5.53. The Bertz CT molecular complexity index is 1050. The van der Waals surface area contributed by atoms with Crippen LogP contribution in [0.2, 0.25) is 0 Å². The normalized spacial score (nSPS) is 21.9. The second-order valence-electron chi connectivity index (χ2n) is 10.8. The number of carboxylic acid groups (broad SMARTS) is 1. The standard InChI is InChI=1S/C28H45N7O8/c29-3-1-23-18-34(5-6-35(23)28(37)38)26-24-2-4-30-17-25(24)32-27(33-26)43-20-22-15-21(16-31-22)19-42-14-13-41-12-11-40-10-9-39-8-7-36/h21-23,30-31,36H,1-2,4-20H2,(H,37,38)/t21-,22+,23+/m1/s1. The summed E-state index contributed by atoms with van der Waals surface area (Å²) in [6, 6.07) is 2.18. The molecule has 3 atom stereocenters. The van der Waals surface area contributed by atoms with E-state index in [9.17, 15) is 15.2 Å². The number of amides is 1. The van der Waals surface area contributed by atoms with Crippen molar-refractivity contribution in [1.29, 1.82) is 5.26 Å². The molecule has 0 aromatic carbocycles. The molecular weight excluding hydrogens is 562 g/mol. The van der Waals surface area contributed by atoms with Crippen LogP contribution in [0.15, 0.2) is 0 Å². The Morgan fingerprint density at radius 3 is 2.49 bits per heavy atom. The zero-order valence-corrected chi connectivity index (χ0v) is 24.7. The highest BCUT2D eigenvalue weighted by atomic mass is 16.6. The van der Waals surface area contributed by atoms with E-state index in [0.717, 1.165) is 43.0 Å². The van der Waals surface area contributed by atoms with Crippen molar-refractivity contribution in [3.8, 4) is 12.1 Å². The molecule has 2 saturated heterocycles. The minimum atomic E-state index is -1.00. The van der Waals surface area contributed by atoms with Crippen molar-refractivity contribution in [1.82, 2.24) is 25.5 Å². The molecule has 1 aromatic rings. The minimum absolute atomic E-state index is 0.0160. The molecule has 0 saturated carbocycles. The average molecular weight is 608 g/mol. The van der Waals surface area contributed by atoms with Crippen molar-refractivity contribution in [3.63, 3.8) is 0 Å². The van der Waals surface area contributed by atoms with Crippen LogP contribution in [0.3, 0.4) is 0 Å². The molecule has 0 spiro atoms. The second kappa shape index (κ2) is 18.1. The number of piperazine rings is 1. The highest BCUT2D eigenvalue weighted by molar-refractivity contribution is 5.66. The summed E-state index contributed by atoms with van der Waals surface area (Å²) in [5.74, 6) is 1.16. The van der Waals surface area contributed by atoms with Gasteiger partial charge in [0.1, 0.15) is 12.4 Å². The van der Waals surface area contributed by atoms with Gasteiger partial charge in [-0.05, 0) is 25.3 Å². The lowest BCUT2D eigenvalue weighted by Crippen LogP contribution is -2.55. The van der Waals surface area contributed by atoms with Crippen LogP contribution < -0.4 is 20.3 Å². The smallest absolute Gasteiger partial charge is 0.407 e. The van der Waals surface area contributed by atoms with Crippen molar-refractivity contribution in [2.75, 3.05) is 104 Å². The quantitative estimate of drug-likeness (QED) is 0.158. The highest BCUT2D eigenvalue weighted by Gasteiger charge is 2.33. The Morgan fingerprint density at radius 1 is 1.02 bits per heavy atom. The van der Waals surface area contributed by atoms with Crippen molar-refractivity contribution in [2.24, 2.45) is 5.92 Å². The van der Waals surface area contributed by atoms with Gasteiger partial charge in [-0.3, -0.25) is 0 Å². The number of hydrogen-bond acceptors (Lipinski definition) is 13. The van der Waals surface area contributed by atoms with Gasteiger partial charge in [0.15, 0.2) is 0 Å². The molecule has 240 valence electrons. The van der Waals surface area contributed by atoms with Gasteiger partial charge in [0.2, 0.25) is 0 Å². The lowest BCUT2D eigenvalue weighted by atomic mass is 10.0. The summed E-state index contributed by atoms with van der Waals surface area (Å²) in [6.07, 6.45) is 0.821. The first-order valence-corrected chi connectivity index (χ1v) is 15.1. The molecular formula is C28H45N7O8. The highest BCUT2D eigenvalue weighted by Crippen LogP contribution is 2.29. The number of nitrogens with one attached hydrogen (secondary N) is 2. The number of nitrogens with zero attached hydrogens (tertiary/aromatic N) is 5. The third-order valence-corrected chi connectivity index (χ3v) is 7.68. The molecule has 0 unspecified atom stereocenters. The van der Waals surface area contributed by atoms with Gasteiger partial charge in [-0.15, -0.1) is 0 Å². The molecule has 4 N–H and O–H groups in total. The molecule has 0 bridgehead atoms. The van der Waals surface area contributed by atoms with Crippen molar-refractivity contribution in [2.45, 2.75) is 37.9 Å². The van der Waals surface area contributed by atoms with E-state index >= 15 is 0 Å². The van der Waals surface area contributed by atoms with Crippen LogP contribution in [-0.2, 0) is 31.9 Å². The van der Waals surface area contributed by atoms with Crippen molar-refractivity contribution >= 4 is 11.9 Å². The van der Waals surface area contributed by atoms with Gasteiger partial charge >= 0.3 is 12.1 Å². The maximum atomic E-state index is 11.7. The van der Waals surface area contributed by atoms with Crippen LogP contribution in [0.25, 0.3) is 0 Å². The molecule has 1 amide bonds.